The lowest BCUT2D eigenvalue weighted by molar-refractivity contribution is 0.491. The second-order valence-corrected chi connectivity index (χ2v) is 6.42. The summed E-state index contributed by atoms with van der Waals surface area (Å²) < 4.78 is 22.8. The Morgan fingerprint density at radius 3 is 2.36 bits per heavy atom. The smallest absolute Gasteiger partial charge is 0.155 e. The summed E-state index contributed by atoms with van der Waals surface area (Å²) in [5, 5.41) is 3.21. The van der Waals surface area contributed by atoms with Gasteiger partial charge in [0.1, 0.15) is 0 Å². The lowest BCUT2D eigenvalue weighted by atomic mass is 10.1. The molecule has 0 atom stereocenters. The van der Waals surface area contributed by atoms with Crippen molar-refractivity contribution in [1.29, 1.82) is 0 Å². The summed E-state index contributed by atoms with van der Waals surface area (Å²) in [6, 6.07) is 0. The predicted molar refractivity (Wildman–Crippen MR) is 59.1 cm³/mol. The van der Waals surface area contributed by atoms with Gasteiger partial charge in [0.15, 0.2) is 9.84 Å². The minimum atomic E-state index is -2.97. The third-order valence-electron chi connectivity index (χ3n) is 2.81. The summed E-state index contributed by atoms with van der Waals surface area (Å²) in [5.74, 6) is 0. The summed E-state index contributed by atoms with van der Waals surface area (Å²) >= 11 is 0. The first-order chi connectivity index (χ1) is 6.52. The average Bonchev–Trinajstić information content (AvgIpc) is 2.53. The quantitative estimate of drug-likeness (QED) is 0.554. The van der Waals surface area contributed by atoms with Gasteiger partial charge in [-0.1, -0.05) is 19.1 Å². The van der Waals surface area contributed by atoms with Crippen molar-refractivity contribution in [2.75, 3.05) is 19.3 Å². The standard InChI is InChI=1S/C10H19NO2S/c1-3-8-11-9-10(14(2,12)13)6-4-5-7-10/h4-5,11H,3,6-9H2,1-2H3. The first-order valence-corrected chi connectivity index (χ1v) is 6.96. The van der Waals surface area contributed by atoms with Gasteiger partial charge in [0.25, 0.3) is 0 Å². The molecular formula is C10H19NO2S. The second-order valence-electron chi connectivity index (χ2n) is 4.01. The van der Waals surface area contributed by atoms with E-state index in [0.717, 1.165) is 13.0 Å². The van der Waals surface area contributed by atoms with E-state index >= 15 is 0 Å². The number of allylic oxidation sites excluding steroid dienone is 2. The molecule has 3 nitrogen and oxygen atoms in total. The molecule has 14 heavy (non-hydrogen) atoms. The molecule has 82 valence electrons. The highest BCUT2D eigenvalue weighted by molar-refractivity contribution is 7.92. The summed E-state index contributed by atoms with van der Waals surface area (Å²) in [7, 11) is -2.97. The Morgan fingerprint density at radius 2 is 1.93 bits per heavy atom. The van der Waals surface area contributed by atoms with Crippen molar-refractivity contribution in [2.24, 2.45) is 0 Å². The molecule has 0 aromatic rings. The van der Waals surface area contributed by atoms with Crippen LogP contribution in [-0.4, -0.2) is 32.5 Å². The Hall–Kier alpha value is -0.350. The molecule has 0 radical (unpaired) electrons. The topological polar surface area (TPSA) is 46.2 Å². The zero-order chi connectivity index (χ0) is 10.7. The molecular weight excluding hydrogens is 198 g/mol. The van der Waals surface area contributed by atoms with Gasteiger partial charge in [0.2, 0.25) is 0 Å². The summed E-state index contributed by atoms with van der Waals surface area (Å²) in [4.78, 5) is 0. The highest BCUT2D eigenvalue weighted by Crippen LogP contribution is 2.30. The number of sulfone groups is 1. The van der Waals surface area contributed by atoms with Gasteiger partial charge < -0.3 is 5.32 Å². The van der Waals surface area contributed by atoms with Gasteiger partial charge in [0, 0.05) is 12.8 Å². The fraction of sp³-hybridized carbons (Fsp3) is 0.800. The molecule has 0 fully saturated rings. The van der Waals surface area contributed by atoms with Crippen LogP contribution >= 0.6 is 0 Å². The van der Waals surface area contributed by atoms with E-state index in [1.807, 2.05) is 12.2 Å². The van der Waals surface area contributed by atoms with E-state index in [9.17, 15) is 8.42 Å². The maximum absolute atomic E-state index is 11.7. The van der Waals surface area contributed by atoms with E-state index in [1.165, 1.54) is 6.26 Å². The van der Waals surface area contributed by atoms with Gasteiger partial charge >= 0.3 is 0 Å². The largest absolute Gasteiger partial charge is 0.315 e. The van der Waals surface area contributed by atoms with E-state index in [4.69, 9.17) is 0 Å². The number of rotatable bonds is 5. The van der Waals surface area contributed by atoms with E-state index < -0.39 is 14.6 Å². The molecule has 0 aromatic heterocycles. The lowest BCUT2D eigenvalue weighted by Crippen LogP contribution is -2.45. The Bertz CT molecular complexity index is 298. The van der Waals surface area contributed by atoms with Gasteiger partial charge in [0.05, 0.1) is 4.75 Å². The molecule has 0 unspecified atom stereocenters. The van der Waals surface area contributed by atoms with Crippen molar-refractivity contribution in [3.05, 3.63) is 12.2 Å². The Balaban J connectivity index is 2.65. The Labute approximate surface area is 86.5 Å². The highest BCUT2D eigenvalue weighted by atomic mass is 32.2. The number of nitrogens with one attached hydrogen (secondary N) is 1. The van der Waals surface area contributed by atoms with Crippen molar-refractivity contribution in [3.63, 3.8) is 0 Å². The summed E-state index contributed by atoms with van der Waals surface area (Å²) in [5.41, 5.74) is 0. The normalized spacial score (nSPS) is 20.1. The van der Waals surface area contributed by atoms with Crippen molar-refractivity contribution in [3.8, 4) is 0 Å². The first-order valence-electron chi connectivity index (χ1n) is 5.07. The molecule has 0 amide bonds. The van der Waals surface area contributed by atoms with E-state index in [1.54, 1.807) is 0 Å². The van der Waals surface area contributed by atoms with Crippen molar-refractivity contribution in [2.45, 2.75) is 30.9 Å². The maximum Gasteiger partial charge on any atom is 0.155 e. The molecule has 1 rings (SSSR count). The van der Waals surface area contributed by atoms with Crippen LogP contribution in [0.15, 0.2) is 12.2 Å². The van der Waals surface area contributed by atoms with Crippen LogP contribution in [0.4, 0.5) is 0 Å². The molecule has 0 bridgehead atoms. The Kier molecular flexibility index (Phi) is 3.72. The van der Waals surface area contributed by atoms with Gasteiger partial charge in [-0.05, 0) is 25.8 Å². The number of hydrogen-bond donors (Lipinski definition) is 1. The minimum absolute atomic E-state index is 0.567. The molecule has 1 aliphatic carbocycles. The first kappa shape index (κ1) is 11.7. The molecule has 0 saturated carbocycles. The van der Waals surface area contributed by atoms with Crippen molar-refractivity contribution in [1.82, 2.24) is 5.32 Å². The van der Waals surface area contributed by atoms with E-state index in [-0.39, 0.29) is 0 Å². The van der Waals surface area contributed by atoms with Gasteiger partial charge in [-0.3, -0.25) is 0 Å². The molecule has 0 heterocycles. The molecule has 0 spiro atoms. The zero-order valence-electron chi connectivity index (χ0n) is 8.91. The molecule has 1 N–H and O–H groups in total. The predicted octanol–water partition coefficient (Wildman–Crippen LogP) is 1.12. The number of hydrogen-bond acceptors (Lipinski definition) is 3. The fourth-order valence-corrected chi connectivity index (χ4v) is 2.91. The van der Waals surface area contributed by atoms with Crippen LogP contribution in [0.1, 0.15) is 26.2 Å². The molecule has 0 aromatic carbocycles. The van der Waals surface area contributed by atoms with E-state index in [0.29, 0.717) is 19.4 Å². The Morgan fingerprint density at radius 1 is 1.36 bits per heavy atom. The van der Waals surface area contributed by atoms with E-state index in [2.05, 4.69) is 12.2 Å². The van der Waals surface area contributed by atoms with Crippen LogP contribution in [0.25, 0.3) is 0 Å². The van der Waals surface area contributed by atoms with Crippen LogP contribution in [0.2, 0.25) is 0 Å². The monoisotopic (exact) mass is 217 g/mol. The summed E-state index contributed by atoms with van der Waals surface area (Å²) in [6.07, 6.45) is 7.62. The van der Waals surface area contributed by atoms with Gasteiger partial charge in [-0.2, -0.15) is 0 Å². The van der Waals surface area contributed by atoms with Crippen molar-refractivity contribution >= 4 is 9.84 Å². The van der Waals surface area contributed by atoms with Crippen LogP contribution < -0.4 is 5.32 Å². The van der Waals surface area contributed by atoms with Gasteiger partial charge in [-0.25, -0.2) is 8.42 Å². The second kappa shape index (κ2) is 4.45. The highest BCUT2D eigenvalue weighted by Gasteiger charge is 2.40. The summed E-state index contributed by atoms with van der Waals surface area (Å²) in [6.45, 7) is 3.54. The maximum atomic E-state index is 11.7. The third kappa shape index (κ3) is 2.36. The molecule has 4 heteroatoms. The van der Waals surface area contributed by atoms with Crippen LogP contribution in [0, 0.1) is 0 Å². The van der Waals surface area contributed by atoms with Crippen LogP contribution in [0.5, 0.6) is 0 Å². The third-order valence-corrected chi connectivity index (χ3v) is 4.86. The average molecular weight is 217 g/mol. The fourth-order valence-electron chi connectivity index (χ4n) is 1.75. The molecule has 0 aliphatic heterocycles. The van der Waals surface area contributed by atoms with Crippen LogP contribution in [0.3, 0.4) is 0 Å². The minimum Gasteiger partial charge on any atom is -0.315 e. The lowest BCUT2D eigenvalue weighted by Gasteiger charge is -2.27. The zero-order valence-corrected chi connectivity index (χ0v) is 9.73. The van der Waals surface area contributed by atoms with Gasteiger partial charge in [-0.15, -0.1) is 0 Å². The van der Waals surface area contributed by atoms with Crippen molar-refractivity contribution < 1.29 is 8.42 Å². The SMILES string of the molecule is CCCNCC1(S(C)(=O)=O)CC=CC1. The van der Waals surface area contributed by atoms with Crippen LogP contribution in [-0.2, 0) is 9.84 Å². The molecule has 1 aliphatic rings. The molecule has 0 saturated heterocycles.